The molecule has 0 aromatic heterocycles. The normalized spacial score (nSPS) is 15.0. The molecule has 166 valence electrons. The Balaban J connectivity index is 1.44. The lowest BCUT2D eigenvalue weighted by atomic mass is 10.2. The molecule has 1 saturated heterocycles. The minimum atomic E-state index is -0.152. The van der Waals surface area contributed by atoms with Gasteiger partial charge in [-0.05, 0) is 49.2 Å². The standard InChI is InChI=1S/C24H32N4O3/c1-27(18-24(30)26-20-8-7-9-22(16-20)31-2)17-23(29)25-19-10-12-21(13-11-19)28-14-5-3-4-6-15-28/h7-13,16H,3-6,14-15,17-18H2,1-2H3,(H,25,29)(H,26,30)/p+1. The first-order valence-electron chi connectivity index (χ1n) is 10.9. The molecular formula is C24H33N4O3+. The molecule has 1 heterocycles. The SMILES string of the molecule is COc1cccc(NC(=O)C[NH+](C)CC(=O)Nc2ccc(N3CCCCCC3)cc2)c1. The molecule has 0 saturated carbocycles. The molecule has 7 nitrogen and oxygen atoms in total. The molecule has 1 aliphatic rings. The van der Waals surface area contributed by atoms with Crippen LogP contribution in [0.2, 0.25) is 0 Å². The predicted molar refractivity (Wildman–Crippen MR) is 124 cm³/mol. The molecule has 0 bridgehead atoms. The van der Waals surface area contributed by atoms with Gasteiger partial charge in [0.2, 0.25) is 0 Å². The number of amides is 2. The van der Waals surface area contributed by atoms with Crippen LogP contribution in [0.25, 0.3) is 0 Å². The number of ether oxygens (including phenoxy) is 1. The number of anilines is 3. The zero-order valence-electron chi connectivity index (χ0n) is 18.4. The molecule has 2 aromatic rings. The number of carbonyl (C=O) groups excluding carboxylic acids is 2. The van der Waals surface area contributed by atoms with Gasteiger partial charge in [-0.15, -0.1) is 0 Å². The average molecular weight is 426 g/mol. The summed E-state index contributed by atoms with van der Waals surface area (Å²) in [6, 6.07) is 15.2. The van der Waals surface area contributed by atoms with E-state index in [1.165, 1.54) is 31.4 Å². The van der Waals surface area contributed by atoms with E-state index in [1.807, 2.05) is 31.3 Å². The minimum Gasteiger partial charge on any atom is -0.497 e. The quantitative estimate of drug-likeness (QED) is 0.606. The lowest BCUT2D eigenvalue weighted by molar-refractivity contribution is -0.862. The summed E-state index contributed by atoms with van der Waals surface area (Å²) in [5.41, 5.74) is 2.65. The second-order valence-corrected chi connectivity index (χ2v) is 8.09. The molecule has 3 rings (SSSR count). The molecule has 1 unspecified atom stereocenters. The Morgan fingerprint density at radius 1 is 0.903 bits per heavy atom. The fourth-order valence-electron chi connectivity index (χ4n) is 3.81. The van der Waals surface area contributed by atoms with Crippen LogP contribution in [0.5, 0.6) is 5.75 Å². The highest BCUT2D eigenvalue weighted by Crippen LogP contribution is 2.21. The molecule has 7 heteroatoms. The summed E-state index contributed by atoms with van der Waals surface area (Å²) in [4.78, 5) is 27.9. The van der Waals surface area contributed by atoms with Crippen molar-refractivity contribution in [3.63, 3.8) is 0 Å². The van der Waals surface area contributed by atoms with Crippen molar-refractivity contribution in [2.75, 3.05) is 55.9 Å². The molecular weight excluding hydrogens is 392 g/mol. The number of nitrogens with zero attached hydrogens (tertiary/aromatic N) is 1. The summed E-state index contributed by atoms with van der Waals surface area (Å²) in [6.07, 6.45) is 5.08. The number of likely N-dealkylation sites (N-methyl/N-ethyl adjacent to an activating group) is 1. The summed E-state index contributed by atoms with van der Waals surface area (Å²) < 4.78 is 5.16. The van der Waals surface area contributed by atoms with Gasteiger partial charge in [0.05, 0.1) is 14.2 Å². The largest absolute Gasteiger partial charge is 0.497 e. The van der Waals surface area contributed by atoms with E-state index in [0.29, 0.717) is 11.4 Å². The molecule has 0 spiro atoms. The molecule has 2 amide bonds. The first-order chi connectivity index (χ1) is 15.0. The number of quaternary nitrogens is 1. The van der Waals surface area contributed by atoms with Gasteiger partial charge in [-0.25, -0.2) is 0 Å². The summed E-state index contributed by atoms with van der Waals surface area (Å²) >= 11 is 0. The van der Waals surface area contributed by atoms with Crippen molar-refractivity contribution >= 4 is 28.9 Å². The fraction of sp³-hybridized carbons (Fsp3) is 0.417. The van der Waals surface area contributed by atoms with E-state index in [-0.39, 0.29) is 24.9 Å². The predicted octanol–water partition coefficient (Wildman–Crippen LogP) is 2.17. The van der Waals surface area contributed by atoms with E-state index in [9.17, 15) is 9.59 Å². The van der Waals surface area contributed by atoms with Gasteiger partial charge in [0.1, 0.15) is 5.75 Å². The van der Waals surface area contributed by atoms with Gasteiger partial charge in [-0.3, -0.25) is 9.59 Å². The number of carbonyl (C=O) groups is 2. The van der Waals surface area contributed by atoms with E-state index in [4.69, 9.17) is 4.74 Å². The van der Waals surface area contributed by atoms with Gasteiger partial charge in [0.25, 0.3) is 11.8 Å². The maximum atomic E-state index is 12.4. The Morgan fingerprint density at radius 2 is 1.52 bits per heavy atom. The monoisotopic (exact) mass is 425 g/mol. The lowest BCUT2D eigenvalue weighted by Gasteiger charge is -2.22. The Labute approximate surface area is 184 Å². The van der Waals surface area contributed by atoms with Crippen LogP contribution in [-0.2, 0) is 9.59 Å². The van der Waals surface area contributed by atoms with Gasteiger partial charge in [-0.2, -0.15) is 0 Å². The molecule has 31 heavy (non-hydrogen) atoms. The van der Waals surface area contributed by atoms with Crippen LogP contribution in [-0.4, -0.2) is 52.2 Å². The topological polar surface area (TPSA) is 75.1 Å². The van der Waals surface area contributed by atoms with Crippen LogP contribution in [0.3, 0.4) is 0 Å². The zero-order chi connectivity index (χ0) is 22.1. The molecule has 3 N–H and O–H groups in total. The highest BCUT2D eigenvalue weighted by atomic mass is 16.5. The van der Waals surface area contributed by atoms with Crippen LogP contribution >= 0.6 is 0 Å². The van der Waals surface area contributed by atoms with Crippen LogP contribution in [0, 0.1) is 0 Å². The van der Waals surface area contributed by atoms with Crippen LogP contribution < -0.4 is 25.2 Å². The van der Waals surface area contributed by atoms with Crippen LogP contribution in [0.15, 0.2) is 48.5 Å². The van der Waals surface area contributed by atoms with Gasteiger partial charge in [0, 0.05) is 36.2 Å². The Morgan fingerprint density at radius 3 is 2.13 bits per heavy atom. The summed E-state index contributed by atoms with van der Waals surface area (Å²) in [6.45, 7) is 2.59. The minimum absolute atomic E-state index is 0.116. The van der Waals surface area contributed by atoms with Crippen molar-refractivity contribution in [1.29, 1.82) is 0 Å². The van der Waals surface area contributed by atoms with Crippen molar-refractivity contribution in [3.8, 4) is 5.75 Å². The first-order valence-corrected chi connectivity index (χ1v) is 10.9. The molecule has 0 radical (unpaired) electrons. The second-order valence-electron chi connectivity index (χ2n) is 8.09. The van der Waals surface area contributed by atoms with Crippen LogP contribution in [0.1, 0.15) is 25.7 Å². The van der Waals surface area contributed by atoms with Gasteiger partial charge < -0.3 is 25.2 Å². The van der Waals surface area contributed by atoms with E-state index < -0.39 is 0 Å². The number of hydrogen-bond donors (Lipinski definition) is 3. The summed E-state index contributed by atoms with van der Waals surface area (Å²) in [7, 11) is 3.41. The lowest BCUT2D eigenvalue weighted by Crippen LogP contribution is -3.11. The first kappa shape index (κ1) is 22.6. The van der Waals surface area contributed by atoms with Crippen molar-refractivity contribution in [2.24, 2.45) is 0 Å². The fourth-order valence-corrected chi connectivity index (χ4v) is 3.81. The molecule has 1 atom stereocenters. The smallest absolute Gasteiger partial charge is 0.279 e. The molecule has 0 aliphatic carbocycles. The third-order valence-electron chi connectivity index (χ3n) is 5.40. The van der Waals surface area contributed by atoms with Crippen molar-refractivity contribution in [1.82, 2.24) is 0 Å². The number of rotatable bonds is 8. The third-order valence-corrected chi connectivity index (χ3v) is 5.40. The van der Waals surface area contributed by atoms with E-state index >= 15 is 0 Å². The van der Waals surface area contributed by atoms with Gasteiger partial charge in [-0.1, -0.05) is 18.9 Å². The molecule has 1 aliphatic heterocycles. The number of nitrogens with one attached hydrogen (secondary N) is 3. The summed E-state index contributed by atoms with van der Waals surface area (Å²) in [5.74, 6) is 0.411. The van der Waals surface area contributed by atoms with Crippen molar-refractivity contribution in [3.05, 3.63) is 48.5 Å². The maximum absolute atomic E-state index is 12.4. The molecule has 2 aromatic carbocycles. The third kappa shape index (κ3) is 7.29. The second kappa shape index (κ2) is 11.4. The van der Waals surface area contributed by atoms with Crippen molar-refractivity contribution < 1.29 is 19.2 Å². The average Bonchev–Trinajstić information content (AvgIpc) is 3.03. The van der Waals surface area contributed by atoms with Crippen LogP contribution in [0.4, 0.5) is 17.1 Å². The zero-order valence-corrected chi connectivity index (χ0v) is 18.4. The van der Waals surface area contributed by atoms with Gasteiger partial charge >= 0.3 is 0 Å². The Bertz CT molecular complexity index is 861. The summed E-state index contributed by atoms with van der Waals surface area (Å²) in [5, 5.41) is 5.76. The number of methoxy groups -OCH3 is 1. The molecule has 1 fully saturated rings. The van der Waals surface area contributed by atoms with E-state index in [0.717, 1.165) is 23.7 Å². The van der Waals surface area contributed by atoms with Gasteiger partial charge in [0.15, 0.2) is 13.1 Å². The highest BCUT2D eigenvalue weighted by Gasteiger charge is 2.15. The van der Waals surface area contributed by atoms with E-state index in [2.05, 4.69) is 27.7 Å². The van der Waals surface area contributed by atoms with E-state index in [1.54, 1.807) is 19.2 Å². The highest BCUT2D eigenvalue weighted by molar-refractivity contribution is 5.93. The number of hydrogen-bond acceptors (Lipinski definition) is 4. The number of benzene rings is 2. The van der Waals surface area contributed by atoms with Crippen molar-refractivity contribution in [2.45, 2.75) is 25.7 Å². The Kier molecular flexibility index (Phi) is 8.29. The maximum Gasteiger partial charge on any atom is 0.279 e. The Hall–Kier alpha value is -3.06.